The van der Waals surface area contributed by atoms with Crippen LogP contribution in [0.1, 0.15) is 22.6 Å². The Bertz CT molecular complexity index is 425. The number of aromatic nitrogens is 1. The summed E-state index contributed by atoms with van der Waals surface area (Å²) in [6.45, 7) is 0. The van der Waals surface area contributed by atoms with Gasteiger partial charge < -0.3 is 10.8 Å². The van der Waals surface area contributed by atoms with Crippen molar-refractivity contribution >= 4 is 23.3 Å². The summed E-state index contributed by atoms with van der Waals surface area (Å²) >= 11 is 5.32. The van der Waals surface area contributed by atoms with E-state index in [1.165, 1.54) is 0 Å². The topological polar surface area (TPSA) is 76.2 Å². The summed E-state index contributed by atoms with van der Waals surface area (Å²) in [5.74, 6) is -3.16. The van der Waals surface area contributed by atoms with Gasteiger partial charge in [-0.3, -0.25) is 0 Å². The first-order valence-corrected chi connectivity index (χ1v) is 3.89. The van der Waals surface area contributed by atoms with Crippen molar-refractivity contribution in [3.05, 3.63) is 22.2 Å². The normalized spacial score (nSPS) is 10.7. The summed E-state index contributed by atoms with van der Waals surface area (Å²) in [7, 11) is 0. The fourth-order valence-corrected chi connectivity index (χ4v) is 1.07. The van der Waals surface area contributed by atoms with Gasteiger partial charge in [-0.25, -0.2) is 22.9 Å². The van der Waals surface area contributed by atoms with Gasteiger partial charge in [0.1, 0.15) is 5.69 Å². The maximum atomic E-state index is 13.0. The Labute approximate surface area is 86.5 Å². The van der Waals surface area contributed by atoms with Crippen LogP contribution >= 0.6 is 11.6 Å². The van der Waals surface area contributed by atoms with E-state index in [0.717, 1.165) is 0 Å². The third-order valence-electron chi connectivity index (χ3n) is 1.55. The summed E-state index contributed by atoms with van der Waals surface area (Å²) in [6, 6.07) is 0. The first-order valence-electron chi connectivity index (χ1n) is 3.52. The number of hydrogen-bond acceptors (Lipinski definition) is 3. The quantitative estimate of drug-likeness (QED) is 0.830. The van der Waals surface area contributed by atoms with Crippen LogP contribution in [0.15, 0.2) is 0 Å². The first-order chi connectivity index (χ1) is 6.86. The van der Waals surface area contributed by atoms with Gasteiger partial charge in [0.05, 0.1) is 10.7 Å². The van der Waals surface area contributed by atoms with Crippen LogP contribution in [0.4, 0.5) is 18.9 Å². The van der Waals surface area contributed by atoms with Crippen molar-refractivity contribution in [1.29, 1.82) is 0 Å². The molecule has 1 heterocycles. The molecule has 0 fully saturated rings. The van der Waals surface area contributed by atoms with Gasteiger partial charge in [-0.2, -0.15) is 0 Å². The third-order valence-corrected chi connectivity index (χ3v) is 1.93. The molecular weight excluding hydrogens is 237 g/mol. The molecule has 82 valence electrons. The van der Waals surface area contributed by atoms with Crippen LogP contribution in [-0.2, 0) is 0 Å². The van der Waals surface area contributed by atoms with Crippen molar-refractivity contribution < 1.29 is 23.1 Å². The number of hydrogen-bond donors (Lipinski definition) is 2. The van der Waals surface area contributed by atoms with E-state index in [-0.39, 0.29) is 0 Å². The number of nitrogens with zero attached hydrogens (tertiary/aromatic N) is 1. The largest absolute Gasteiger partial charge is 0.476 e. The van der Waals surface area contributed by atoms with Crippen LogP contribution in [0.25, 0.3) is 0 Å². The molecule has 0 saturated carbocycles. The van der Waals surface area contributed by atoms with E-state index < -0.39 is 40.3 Å². The van der Waals surface area contributed by atoms with Crippen molar-refractivity contribution in [2.75, 3.05) is 5.73 Å². The van der Waals surface area contributed by atoms with Crippen molar-refractivity contribution in [2.45, 2.75) is 6.43 Å². The molecule has 0 bridgehead atoms. The van der Waals surface area contributed by atoms with E-state index >= 15 is 0 Å². The molecule has 3 N–H and O–H groups in total. The molecule has 0 aliphatic rings. The van der Waals surface area contributed by atoms with Crippen molar-refractivity contribution in [3.63, 3.8) is 0 Å². The SMILES string of the molecule is Nc1c(F)c(C(F)F)nc(C(=O)O)c1Cl. The van der Waals surface area contributed by atoms with Gasteiger partial charge in [0.2, 0.25) is 0 Å². The highest BCUT2D eigenvalue weighted by molar-refractivity contribution is 6.35. The van der Waals surface area contributed by atoms with E-state index in [9.17, 15) is 18.0 Å². The lowest BCUT2D eigenvalue weighted by Gasteiger charge is -2.07. The second-order valence-electron chi connectivity index (χ2n) is 2.49. The predicted octanol–water partition coefficient (Wildman–Crippen LogP) is 2.09. The zero-order chi connectivity index (χ0) is 11.7. The van der Waals surface area contributed by atoms with E-state index in [2.05, 4.69) is 4.98 Å². The molecule has 1 aromatic heterocycles. The molecule has 0 saturated heterocycles. The standard InChI is InChI=1S/C7H4ClF3N2O2/c8-1-3(12)2(9)5(6(10)11)13-4(1)7(14)15/h6H,(H2,12,13)(H,14,15). The molecule has 15 heavy (non-hydrogen) atoms. The number of halogens is 4. The Hall–Kier alpha value is -1.50. The zero-order valence-corrected chi connectivity index (χ0v) is 7.73. The second-order valence-corrected chi connectivity index (χ2v) is 2.87. The number of anilines is 1. The number of pyridine rings is 1. The van der Waals surface area contributed by atoms with Crippen LogP contribution < -0.4 is 5.73 Å². The Morgan fingerprint density at radius 2 is 2.07 bits per heavy atom. The average molecular weight is 241 g/mol. The van der Waals surface area contributed by atoms with Crippen LogP contribution in [0.3, 0.4) is 0 Å². The second kappa shape index (κ2) is 3.93. The van der Waals surface area contributed by atoms with Gasteiger partial charge >= 0.3 is 5.97 Å². The monoisotopic (exact) mass is 240 g/mol. The van der Waals surface area contributed by atoms with E-state index in [1.807, 2.05) is 0 Å². The van der Waals surface area contributed by atoms with Crippen LogP contribution in [0.5, 0.6) is 0 Å². The predicted molar refractivity (Wildman–Crippen MR) is 45.5 cm³/mol. The minimum absolute atomic E-state index is 0.690. The van der Waals surface area contributed by atoms with E-state index in [1.54, 1.807) is 0 Å². The summed E-state index contributed by atoms with van der Waals surface area (Å²) in [5, 5.41) is 7.83. The van der Waals surface area contributed by atoms with Crippen LogP contribution in [0.2, 0.25) is 5.02 Å². The summed E-state index contributed by atoms with van der Waals surface area (Å²) in [5.41, 5.74) is 1.95. The minimum atomic E-state index is -3.26. The van der Waals surface area contributed by atoms with Gasteiger partial charge in [-0.1, -0.05) is 11.6 Å². The summed E-state index contributed by atoms with van der Waals surface area (Å²) in [6.07, 6.45) is -3.26. The Balaban J connectivity index is 3.52. The van der Waals surface area contributed by atoms with Gasteiger partial charge in [-0.15, -0.1) is 0 Å². The molecule has 1 aromatic rings. The van der Waals surface area contributed by atoms with Crippen molar-refractivity contribution in [3.8, 4) is 0 Å². The zero-order valence-electron chi connectivity index (χ0n) is 6.97. The molecule has 0 aliphatic carbocycles. The molecule has 8 heteroatoms. The molecule has 0 spiro atoms. The Morgan fingerprint density at radius 3 is 2.47 bits per heavy atom. The average Bonchev–Trinajstić information content (AvgIpc) is 2.13. The Morgan fingerprint density at radius 1 is 1.53 bits per heavy atom. The third kappa shape index (κ3) is 1.96. The van der Waals surface area contributed by atoms with Crippen LogP contribution in [-0.4, -0.2) is 16.1 Å². The molecule has 4 nitrogen and oxygen atoms in total. The van der Waals surface area contributed by atoms with Crippen molar-refractivity contribution in [2.24, 2.45) is 0 Å². The number of aromatic carboxylic acids is 1. The maximum Gasteiger partial charge on any atom is 0.356 e. The molecule has 1 rings (SSSR count). The number of carboxylic acid groups (broad SMARTS) is 1. The first kappa shape index (κ1) is 11.6. The molecule has 0 atom stereocenters. The minimum Gasteiger partial charge on any atom is -0.476 e. The molecule has 0 amide bonds. The fraction of sp³-hybridized carbons (Fsp3) is 0.143. The number of alkyl halides is 2. The van der Waals surface area contributed by atoms with E-state index in [4.69, 9.17) is 22.4 Å². The number of carbonyl (C=O) groups is 1. The molecule has 0 unspecified atom stereocenters. The molecule has 0 aliphatic heterocycles. The highest BCUT2D eigenvalue weighted by Crippen LogP contribution is 2.31. The molecule has 0 aromatic carbocycles. The van der Waals surface area contributed by atoms with Gasteiger partial charge in [-0.05, 0) is 0 Å². The summed E-state index contributed by atoms with van der Waals surface area (Å²) < 4.78 is 37.4. The van der Waals surface area contributed by atoms with E-state index in [0.29, 0.717) is 0 Å². The highest BCUT2D eigenvalue weighted by atomic mass is 35.5. The van der Waals surface area contributed by atoms with Gasteiger partial charge in [0.25, 0.3) is 6.43 Å². The fourth-order valence-electron chi connectivity index (χ4n) is 0.867. The maximum absolute atomic E-state index is 13.0. The molecule has 0 radical (unpaired) electrons. The number of carboxylic acids is 1. The van der Waals surface area contributed by atoms with Crippen molar-refractivity contribution in [1.82, 2.24) is 4.98 Å². The van der Waals surface area contributed by atoms with Crippen LogP contribution in [0, 0.1) is 5.82 Å². The lowest BCUT2D eigenvalue weighted by atomic mass is 10.2. The lowest BCUT2D eigenvalue weighted by Crippen LogP contribution is -2.10. The number of nitrogens with two attached hydrogens (primary N) is 1. The lowest BCUT2D eigenvalue weighted by molar-refractivity contribution is 0.0688. The molecular formula is C7H4ClF3N2O2. The van der Waals surface area contributed by atoms with Gasteiger partial charge in [0, 0.05) is 0 Å². The summed E-state index contributed by atoms with van der Waals surface area (Å²) in [4.78, 5) is 13.4. The smallest absolute Gasteiger partial charge is 0.356 e. The van der Waals surface area contributed by atoms with Gasteiger partial charge in [0.15, 0.2) is 11.5 Å². The highest BCUT2D eigenvalue weighted by Gasteiger charge is 2.25. The number of nitrogen functional groups attached to an aromatic ring is 1. The number of rotatable bonds is 2. The Kier molecular flexibility index (Phi) is 3.04.